The van der Waals surface area contributed by atoms with Crippen LogP contribution in [0.3, 0.4) is 0 Å². The molecule has 6 nitrogen and oxygen atoms in total. The number of piperidine rings is 1. The number of hydrogen-bond donors (Lipinski definition) is 0. The summed E-state index contributed by atoms with van der Waals surface area (Å²) in [7, 11) is 2.10. The lowest BCUT2D eigenvalue weighted by Gasteiger charge is -2.33. The first-order chi connectivity index (χ1) is 12.6. The molecule has 26 heavy (non-hydrogen) atoms. The van der Waals surface area contributed by atoms with E-state index in [2.05, 4.69) is 23.9 Å². The van der Waals surface area contributed by atoms with E-state index in [0.29, 0.717) is 12.1 Å². The Bertz CT molecular complexity index is 807. The molecule has 2 aromatic rings. The van der Waals surface area contributed by atoms with Gasteiger partial charge in [0, 0.05) is 56.3 Å². The van der Waals surface area contributed by atoms with Crippen molar-refractivity contribution in [3.63, 3.8) is 0 Å². The lowest BCUT2D eigenvalue weighted by atomic mass is 9.95. The van der Waals surface area contributed by atoms with Crippen LogP contribution in [0.4, 0.5) is 5.82 Å². The lowest BCUT2D eigenvalue weighted by molar-refractivity contribution is 0.0704. The second-order valence-corrected chi connectivity index (χ2v) is 7.33. The minimum Gasteiger partial charge on any atom is -0.359 e. The van der Waals surface area contributed by atoms with Crippen LogP contribution in [0.2, 0.25) is 0 Å². The third-order valence-electron chi connectivity index (χ3n) is 5.47. The van der Waals surface area contributed by atoms with E-state index in [4.69, 9.17) is 9.97 Å². The molecule has 1 fully saturated rings. The molecule has 0 bridgehead atoms. The van der Waals surface area contributed by atoms with Gasteiger partial charge in [-0.25, -0.2) is 9.97 Å². The summed E-state index contributed by atoms with van der Waals surface area (Å²) in [5.74, 6) is 2.21. The fraction of sp³-hybridized carbons (Fsp3) is 0.500. The third kappa shape index (κ3) is 3.16. The van der Waals surface area contributed by atoms with Gasteiger partial charge in [0.05, 0.1) is 5.56 Å². The monoisotopic (exact) mass is 351 g/mol. The summed E-state index contributed by atoms with van der Waals surface area (Å²) in [6, 6.07) is 3.63. The van der Waals surface area contributed by atoms with Crippen LogP contribution in [0.25, 0.3) is 0 Å². The molecule has 1 atom stereocenters. The van der Waals surface area contributed by atoms with Gasteiger partial charge in [-0.3, -0.25) is 9.78 Å². The first-order valence-electron chi connectivity index (χ1n) is 9.41. The van der Waals surface area contributed by atoms with Crippen LogP contribution >= 0.6 is 0 Å². The van der Waals surface area contributed by atoms with E-state index in [9.17, 15) is 4.79 Å². The number of anilines is 1. The lowest BCUT2D eigenvalue weighted by Crippen LogP contribution is -2.40. The first-order valence-corrected chi connectivity index (χ1v) is 9.41. The summed E-state index contributed by atoms with van der Waals surface area (Å²) < 4.78 is 0. The molecule has 2 aromatic heterocycles. The average Bonchev–Trinajstić information content (AvgIpc) is 2.69. The number of likely N-dealkylation sites (tertiary alicyclic amines) is 1. The smallest absolute Gasteiger partial charge is 0.255 e. The third-order valence-corrected chi connectivity index (χ3v) is 5.47. The van der Waals surface area contributed by atoms with E-state index in [1.54, 1.807) is 18.5 Å². The minimum atomic E-state index is 0.0506. The Balaban J connectivity index is 1.58. The van der Waals surface area contributed by atoms with E-state index < -0.39 is 0 Å². The topological polar surface area (TPSA) is 62.2 Å². The standard InChI is InChI=1S/C20H25N5O/c1-14-17-8-5-10-24(2)19(17)23-18(22-14)16-7-4-11-25(13-16)20(26)15-6-3-9-21-12-15/h3,6,9,12,16H,4-5,7-8,10-11,13H2,1-2H3/t16-/m0/s1. The molecule has 2 aliphatic rings. The van der Waals surface area contributed by atoms with Crippen molar-refractivity contribution >= 4 is 11.7 Å². The van der Waals surface area contributed by atoms with E-state index in [1.165, 1.54) is 5.56 Å². The highest BCUT2D eigenvalue weighted by molar-refractivity contribution is 5.94. The molecule has 1 amide bonds. The summed E-state index contributed by atoms with van der Waals surface area (Å²) in [5, 5.41) is 0. The zero-order chi connectivity index (χ0) is 18.1. The van der Waals surface area contributed by atoms with E-state index in [1.807, 2.05) is 11.0 Å². The predicted molar refractivity (Wildman–Crippen MR) is 100 cm³/mol. The van der Waals surface area contributed by atoms with Gasteiger partial charge < -0.3 is 9.80 Å². The van der Waals surface area contributed by atoms with Crippen molar-refractivity contribution in [2.24, 2.45) is 0 Å². The maximum absolute atomic E-state index is 12.8. The minimum absolute atomic E-state index is 0.0506. The molecule has 0 aromatic carbocycles. The maximum Gasteiger partial charge on any atom is 0.255 e. The second kappa shape index (κ2) is 7.02. The van der Waals surface area contributed by atoms with Crippen LogP contribution in [-0.2, 0) is 6.42 Å². The normalized spacial score (nSPS) is 20.0. The number of pyridine rings is 1. The molecule has 0 N–H and O–H groups in total. The molecular formula is C20H25N5O. The molecule has 4 heterocycles. The number of aromatic nitrogens is 3. The largest absolute Gasteiger partial charge is 0.359 e. The van der Waals surface area contributed by atoms with Crippen molar-refractivity contribution in [1.29, 1.82) is 0 Å². The maximum atomic E-state index is 12.8. The Hall–Kier alpha value is -2.50. The van der Waals surface area contributed by atoms with Crippen LogP contribution < -0.4 is 4.90 Å². The summed E-state index contributed by atoms with van der Waals surface area (Å²) in [6.07, 6.45) is 7.55. The average molecular weight is 351 g/mol. The highest BCUT2D eigenvalue weighted by Crippen LogP contribution is 2.31. The number of hydrogen-bond acceptors (Lipinski definition) is 5. The van der Waals surface area contributed by atoms with Crippen LogP contribution in [-0.4, -0.2) is 52.4 Å². The number of rotatable bonds is 2. The molecule has 0 spiro atoms. The number of carbonyl (C=O) groups is 1. The van der Waals surface area contributed by atoms with Gasteiger partial charge in [0.1, 0.15) is 11.6 Å². The van der Waals surface area contributed by atoms with Crippen molar-refractivity contribution < 1.29 is 4.79 Å². The Morgan fingerprint density at radius 3 is 2.92 bits per heavy atom. The summed E-state index contributed by atoms with van der Waals surface area (Å²) in [5.41, 5.74) is 3.02. The van der Waals surface area contributed by atoms with Gasteiger partial charge in [0.2, 0.25) is 0 Å². The number of nitrogens with zero attached hydrogens (tertiary/aromatic N) is 5. The first kappa shape index (κ1) is 16.9. The van der Waals surface area contributed by atoms with Gasteiger partial charge in [-0.1, -0.05) is 0 Å². The Labute approximate surface area is 154 Å². The molecular weight excluding hydrogens is 326 g/mol. The molecule has 2 aliphatic heterocycles. The zero-order valence-corrected chi connectivity index (χ0v) is 15.5. The number of amides is 1. The zero-order valence-electron chi connectivity index (χ0n) is 15.5. The van der Waals surface area contributed by atoms with Gasteiger partial charge in [0.15, 0.2) is 0 Å². The van der Waals surface area contributed by atoms with Crippen molar-refractivity contribution in [2.45, 2.75) is 38.5 Å². The van der Waals surface area contributed by atoms with Gasteiger partial charge >= 0.3 is 0 Å². The number of aryl methyl sites for hydroxylation is 1. The Kier molecular flexibility index (Phi) is 4.57. The van der Waals surface area contributed by atoms with Crippen LogP contribution in [0.5, 0.6) is 0 Å². The Morgan fingerprint density at radius 2 is 2.12 bits per heavy atom. The molecule has 4 rings (SSSR count). The van der Waals surface area contributed by atoms with Gasteiger partial charge in [0.25, 0.3) is 5.91 Å². The fourth-order valence-electron chi connectivity index (χ4n) is 4.04. The summed E-state index contributed by atoms with van der Waals surface area (Å²) in [4.78, 5) is 30.7. The predicted octanol–water partition coefficient (Wildman–Crippen LogP) is 2.58. The molecule has 0 unspecified atom stereocenters. The Morgan fingerprint density at radius 1 is 1.23 bits per heavy atom. The van der Waals surface area contributed by atoms with Crippen molar-refractivity contribution in [1.82, 2.24) is 19.9 Å². The molecule has 0 saturated carbocycles. The van der Waals surface area contributed by atoms with E-state index in [-0.39, 0.29) is 11.8 Å². The molecule has 1 saturated heterocycles. The summed E-state index contributed by atoms with van der Waals surface area (Å²) in [6.45, 7) is 4.59. The van der Waals surface area contributed by atoms with E-state index >= 15 is 0 Å². The SMILES string of the molecule is Cc1nc([C@H]2CCCN(C(=O)c3cccnc3)C2)nc2c1CCCN2C. The van der Waals surface area contributed by atoms with Gasteiger partial charge in [-0.15, -0.1) is 0 Å². The van der Waals surface area contributed by atoms with Crippen molar-refractivity contribution in [3.8, 4) is 0 Å². The fourth-order valence-corrected chi connectivity index (χ4v) is 4.04. The quantitative estimate of drug-likeness (QED) is 0.832. The number of carbonyl (C=O) groups excluding carboxylic acids is 1. The highest BCUT2D eigenvalue weighted by Gasteiger charge is 2.29. The van der Waals surface area contributed by atoms with Gasteiger partial charge in [-0.2, -0.15) is 0 Å². The molecule has 0 aliphatic carbocycles. The molecule has 6 heteroatoms. The van der Waals surface area contributed by atoms with Crippen molar-refractivity contribution in [2.75, 3.05) is 31.6 Å². The van der Waals surface area contributed by atoms with Gasteiger partial charge in [-0.05, 0) is 44.7 Å². The summed E-state index contributed by atoms with van der Waals surface area (Å²) >= 11 is 0. The molecule has 0 radical (unpaired) electrons. The molecule has 136 valence electrons. The highest BCUT2D eigenvalue weighted by atomic mass is 16.2. The number of fused-ring (bicyclic) bond motifs is 1. The van der Waals surface area contributed by atoms with E-state index in [0.717, 1.165) is 56.1 Å². The van der Waals surface area contributed by atoms with Crippen LogP contribution in [0.1, 0.15) is 52.6 Å². The van der Waals surface area contributed by atoms with Crippen molar-refractivity contribution in [3.05, 3.63) is 47.2 Å². The second-order valence-electron chi connectivity index (χ2n) is 7.33. The van der Waals surface area contributed by atoms with Crippen LogP contribution in [0, 0.1) is 6.92 Å². The van der Waals surface area contributed by atoms with Crippen LogP contribution in [0.15, 0.2) is 24.5 Å².